The van der Waals surface area contributed by atoms with Crippen molar-refractivity contribution in [3.63, 3.8) is 0 Å². The van der Waals surface area contributed by atoms with E-state index in [4.69, 9.17) is 9.84 Å². The molecule has 0 aliphatic rings. The zero-order valence-electron chi connectivity index (χ0n) is 11.3. The largest absolute Gasteiger partial charge is 0.395 e. The normalized spacial score (nSPS) is 11.5. The Hall–Kier alpha value is -0.940. The molecule has 0 aliphatic carbocycles. The summed E-state index contributed by atoms with van der Waals surface area (Å²) in [6.45, 7) is 3.25. The third-order valence-corrected chi connectivity index (χ3v) is 4.18. The molecular formula is C15H21NO2S. The standard InChI is InChI=1S/C15H21NO2S/c1-16(7-9-17)8-11-18-10-5-13-3-2-4-14-6-12-19-15(13)14/h2-4,6,12,17H,5,7-11H2,1H3. The SMILES string of the molecule is CN(CCO)CCOCCc1cccc2ccsc12. The summed E-state index contributed by atoms with van der Waals surface area (Å²) in [6, 6.07) is 8.60. The first-order valence-electron chi connectivity index (χ1n) is 6.63. The molecule has 1 aromatic carbocycles. The van der Waals surface area contributed by atoms with Crippen LogP contribution in [0, 0.1) is 0 Å². The molecule has 0 unspecified atom stereocenters. The minimum absolute atomic E-state index is 0.205. The van der Waals surface area contributed by atoms with Crippen LogP contribution in [0.25, 0.3) is 10.1 Å². The highest BCUT2D eigenvalue weighted by Gasteiger charge is 2.02. The van der Waals surface area contributed by atoms with E-state index in [0.717, 1.165) is 26.2 Å². The van der Waals surface area contributed by atoms with Gasteiger partial charge in [-0.1, -0.05) is 18.2 Å². The molecule has 0 bridgehead atoms. The van der Waals surface area contributed by atoms with Crippen molar-refractivity contribution in [2.75, 3.05) is 40.0 Å². The number of likely N-dealkylation sites (N-methyl/N-ethyl adjacent to an activating group) is 1. The molecule has 2 aromatic rings. The third kappa shape index (κ3) is 4.28. The molecule has 0 aliphatic heterocycles. The Kier molecular flexibility index (Phi) is 5.79. The lowest BCUT2D eigenvalue weighted by atomic mass is 10.1. The zero-order chi connectivity index (χ0) is 13.5. The first-order chi connectivity index (χ1) is 9.31. The number of nitrogens with zero attached hydrogens (tertiary/aromatic N) is 1. The van der Waals surface area contributed by atoms with E-state index in [1.807, 2.05) is 7.05 Å². The van der Waals surface area contributed by atoms with E-state index in [-0.39, 0.29) is 6.61 Å². The molecule has 19 heavy (non-hydrogen) atoms. The van der Waals surface area contributed by atoms with Crippen LogP contribution >= 0.6 is 11.3 Å². The Balaban J connectivity index is 1.72. The molecule has 0 amide bonds. The summed E-state index contributed by atoms with van der Waals surface area (Å²) < 4.78 is 7.04. The predicted molar refractivity (Wildman–Crippen MR) is 80.9 cm³/mol. The van der Waals surface area contributed by atoms with Crippen molar-refractivity contribution in [3.05, 3.63) is 35.2 Å². The average molecular weight is 279 g/mol. The predicted octanol–water partition coefficient (Wildman–Crippen LogP) is 2.38. The molecule has 0 fully saturated rings. The second kappa shape index (κ2) is 7.60. The Morgan fingerprint density at radius 1 is 1.21 bits per heavy atom. The van der Waals surface area contributed by atoms with Gasteiger partial charge in [0.05, 0.1) is 19.8 Å². The highest BCUT2D eigenvalue weighted by Crippen LogP contribution is 2.24. The number of aliphatic hydroxyl groups excluding tert-OH is 1. The molecule has 1 heterocycles. The fraction of sp³-hybridized carbons (Fsp3) is 0.467. The van der Waals surface area contributed by atoms with E-state index in [9.17, 15) is 0 Å². The van der Waals surface area contributed by atoms with Crippen molar-refractivity contribution >= 4 is 21.4 Å². The molecule has 3 nitrogen and oxygen atoms in total. The van der Waals surface area contributed by atoms with Crippen molar-refractivity contribution < 1.29 is 9.84 Å². The van der Waals surface area contributed by atoms with Crippen LogP contribution in [0.5, 0.6) is 0 Å². The molecule has 0 saturated heterocycles. The van der Waals surface area contributed by atoms with Crippen LogP contribution in [0.15, 0.2) is 29.6 Å². The van der Waals surface area contributed by atoms with Crippen LogP contribution in [-0.4, -0.2) is 50.0 Å². The summed E-state index contributed by atoms with van der Waals surface area (Å²) >= 11 is 1.80. The molecule has 0 radical (unpaired) electrons. The van der Waals surface area contributed by atoms with Gasteiger partial charge >= 0.3 is 0 Å². The number of thiophene rings is 1. The van der Waals surface area contributed by atoms with Crippen molar-refractivity contribution in [1.29, 1.82) is 0 Å². The highest BCUT2D eigenvalue weighted by atomic mass is 32.1. The Bertz CT molecular complexity index is 498. The van der Waals surface area contributed by atoms with Gasteiger partial charge in [0, 0.05) is 17.8 Å². The molecule has 1 N–H and O–H groups in total. The fourth-order valence-electron chi connectivity index (χ4n) is 2.04. The Labute approximate surface area is 118 Å². The number of fused-ring (bicyclic) bond motifs is 1. The third-order valence-electron chi connectivity index (χ3n) is 3.18. The second-order valence-corrected chi connectivity index (χ2v) is 5.56. The molecular weight excluding hydrogens is 258 g/mol. The van der Waals surface area contributed by atoms with Crippen LogP contribution in [0.4, 0.5) is 0 Å². The van der Waals surface area contributed by atoms with E-state index in [1.165, 1.54) is 15.6 Å². The van der Waals surface area contributed by atoms with E-state index in [2.05, 4.69) is 34.5 Å². The summed E-state index contributed by atoms with van der Waals surface area (Å²) in [4.78, 5) is 2.07. The number of benzene rings is 1. The molecule has 1 aromatic heterocycles. The van der Waals surface area contributed by atoms with Crippen LogP contribution < -0.4 is 0 Å². The molecule has 2 rings (SSSR count). The van der Waals surface area contributed by atoms with Gasteiger partial charge < -0.3 is 14.7 Å². The molecule has 4 heteroatoms. The number of aliphatic hydroxyl groups is 1. The maximum absolute atomic E-state index is 8.79. The first-order valence-corrected chi connectivity index (χ1v) is 7.51. The van der Waals surface area contributed by atoms with Crippen LogP contribution in [-0.2, 0) is 11.2 Å². The fourth-order valence-corrected chi connectivity index (χ4v) is 2.98. The zero-order valence-corrected chi connectivity index (χ0v) is 12.2. The van der Waals surface area contributed by atoms with Gasteiger partial charge in [0.25, 0.3) is 0 Å². The lowest BCUT2D eigenvalue weighted by molar-refractivity contribution is 0.107. The van der Waals surface area contributed by atoms with Crippen molar-refractivity contribution in [2.45, 2.75) is 6.42 Å². The minimum Gasteiger partial charge on any atom is -0.395 e. The van der Waals surface area contributed by atoms with E-state index >= 15 is 0 Å². The van der Waals surface area contributed by atoms with Crippen molar-refractivity contribution in [2.24, 2.45) is 0 Å². The Morgan fingerprint density at radius 3 is 2.95 bits per heavy atom. The lowest BCUT2D eigenvalue weighted by Crippen LogP contribution is -2.26. The van der Waals surface area contributed by atoms with Gasteiger partial charge in [-0.15, -0.1) is 11.3 Å². The Morgan fingerprint density at radius 2 is 2.11 bits per heavy atom. The highest BCUT2D eigenvalue weighted by molar-refractivity contribution is 7.17. The quantitative estimate of drug-likeness (QED) is 0.753. The molecule has 104 valence electrons. The van der Waals surface area contributed by atoms with Gasteiger partial charge in [-0.3, -0.25) is 0 Å². The van der Waals surface area contributed by atoms with E-state index in [0.29, 0.717) is 6.54 Å². The molecule has 0 saturated carbocycles. The summed E-state index contributed by atoms with van der Waals surface area (Å²) in [6.07, 6.45) is 0.960. The van der Waals surface area contributed by atoms with Gasteiger partial charge in [-0.05, 0) is 35.9 Å². The summed E-state index contributed by atoms with van der Waals surface area (Å²) in [5.41, 5.74) is 1.37. The maximum Gasteiger partial charge on any atom is 0.0593 e. The van der Waals surface area contributed by atoms with Crippen molar-refractivity contribution in [1.82, 2.24) is 4.90 Å². The number of rotatable bonds is 8. The number of hydrogen-bond acceptors (Lipinski definition) is 4. The summed E-state index contributed by atoms with van der Waals surface area (Å²) in [5, 5.41) is 12.2. The number of hydrogen-bond donors (Lipinski definition) is 1. The van der Waals surface area contributed by atoms with Gasteiger partial charge in [0.2, 0.25) is 0 Å². The molecule has 0 spiro atoms. The van der Waals surface area contributed by atoms with Crippen LogP contribution in [0.1, 0.15) is 5.56 Å². The van der Waals surface area contributed by atoms with Gasteiger partial charge in [0.15, 0.2) is 0 Å². The van der Waals surface area contributed by atoms with Crippen LogP contribution in [0.3, 0.4) is 0 Å². The average Bonchev–Trinajstić information content (AvgIpc) is 2.87. The van der Waals surface area contributed by atoms with Gasteiger partial charge in [-0.25, -0.2) is 0 Å². The van der Waals surface area contributed by atoms with Crippen LogP contribution in [0.2, 0.25) is 0 Å². The number of ether oxygens (including phenoxy) is 1. The van der Waals surface area contributed by atoms with Crippen molar-refractivity contribution in [3.8, 4) is 0 Å². The van der Waals surface area contributed by atoms with Gasteiger partial charge in [-0.2, -0.15) is 0 Å². The summed E-state index contributed by atoms with van der Waals surface area (Å²) in [5.74, 6) is 0. The van der Waals surface area contributed by atoms with Gasteiger partial charge in [0.1, 0.15) is 0 Å². The summed E-state index contributed by atoms with van der Waals surface area (Å²) in [7, 11) is 1.99. The smallest absolute Gasteiger partial charge is 0.0593 e. The minimum atomic E-state index is 0.205. The molecule has 0 atom stereocenters. The topological polar surface area (TPSA) is 32.7 Å². The lowest BCUT2D eigenvalue weighted by Gasteiger charge is -2.14. The maximum atomic E-state index is 8.79. The van der Waals surface area contributed by atoms with E-state index in [1.54, 1.807) is 11.3 Å². The first kappa shape index (κ1) is 14.5. The monoisotopic (exact) mass is 279 g/mol. The van der Waals surface area contributed by atoms with E-state index < -0.39 is 0 Å². The second-order valence-electron chi connectivity index (χ2n) is 4.65.